The summed E-state index contributed by atoms with van der Waals surface area (Å²) >= 11 is 0. The molecule has 4 rings (SSSR count). The molecule has 2 N–H and O–H groups in total. The molecule has 0 radical (unpaired) electrons. The van der Waals surface area contributed by atoms with E-state index in [-0.39, 0.29) is 65.8 Å². The SMILES string of the molecule is C=CCc1cc(OC)c(O)c(-c2ccc(-c3ccc(-c4cccc(OC)c4O)cn3)nc2)c1.[Cl-].[Cl-].[Cl-].[Mn+3]. The molecule has 10 heteroatoms. The molecule has 37 heavy (non-hydrogen) atoms. The summed E-state index contributed by atoms with van der Waals surface area (Å²) in [5.74, 6) is 0.962. The van der Waals surface area contributed by atoms with E-state index in [1.165, 1.54) is 14.2 Å². The van der Waals surface area contributed by atoms with Crippen molar-refractivity contribution in [3.63, 3.8) is 0 Å². The fourth-order valence-electron chi connectivity index (χ4n) is 3.65. The van der Waals surface area contributed by atoms with Crippen LogP contribution in [0.2, 0.25) is 0 Å². The number of rotatable bonds is 7. The first kappa shape index (κ1) is 34.1. The maximum Gasteiger partial charge on any atom is 3.00 e. The van der Waals surface area contributed by atoms with Crippen LogP contribution in [0.15, 0.2) is 79.6 Å². The first-order valence-electron chi connectivity index (χ1n) is 10.4. The second-order valence-electron chi connectivity index (χ2n) is 7.41. The van der Waals surface area contributed by atoms with E-state index in [2.05, 4.69) is 16.5 Å². The molecular weight excluding hydrogens is 578 g/mol. The fourth-order valence-corrected chi connectivity index (χ4v) is 3.65. The van der Waals surface area contributed by atoms with Gasteiger partial charge in [-0.2, -0.15) is 0 Å². The number of benzene rings is 2. The number of phenolic OH excluding ortho intramolecular Hbond substituents is 2. The van der Waals surface area contributed by atoms with Crippen LogP contribution in [0, 0.1) is 0 Å². The third-order valence-electron chi connectivity index (χ3n) is 5.37. The Morgan fingerprint density at radius 1 is 0.757 bits per heavy atom. The van der Waals surface area contributed by atoms with Gasteiger partial charge in [-0.25, -0.2) is 0 Å². The monoisotopic (exact) mass is 600 g/mol. The fraction of sp³-hybridized carbons (Fsp3) is 0.111. The first-order valence-corrected chi connectivity index (χ1v) is 10.4. The van der Waals surface area contributed by atoms with Crippen LogP contribution < -0.4 is 46.7 Å². The summed E-state index contributed by atoms with van der Waals surface area (Å²) in [5, 5.41) is 21.0. The molecule has 2 aromatic carbocycles. The van der Waals surface area contributed by atoms with Gasteiger partial charge in [-0.05, 0) is 42.3 Å². The normalized spacial score (nSPS) is 9.46. The zero-order valence-electron chi connectivity index (χ0n) is 20.0. The van der Waals surface area contributed by atoms with Crippen LogP contribution in [0.5, 0.6) is 23.0 Å². The van der Waals surface area contributed by atoms with E-state index in [9.17, 15) is 10.2 Å². The summed E-state index contributed by atoms with van der Waals surface area (Å²) in [5.41, 5.74) is 5.17. The maximum absolute atomic E-state index is 10.6. The molecule has 0 aliphatic heterocycles. The van der Waals surface area contributed by atoms with E-state index in [1.54, 1.807) is 30.6 Å². The standard InChI is InChI=1S/C27H24N2O4.3ClH.Mn/c1-4-6-17-13-21(27(31)25(14-17)33-3)19-10-12-23(29-16-19)22-11-9-18(15-28-22)20-7-5-8-24(32-2)26(20)30;;;;/h4-5,7-16,30-31H,1,6H2,2-3H3;3*1H;/q;;;;+3/p-3. The zero-order chi connectivity index (χ0) is 23.4. The van der Waals surface area contributed by atoms with E-state index in [4.69, 9.17) is 9.47 Å². The molecule has 0 saturated carbocycles. The Labute approximate surface area is 245 Å². The van der Waals surface area contributed by atoms with Gasteiger partial charge in [0.1, 0.15) is 0 Å². The topological polar surface area (TPSA) is 84.7 Å². The molecule has 0 aliphatic carbocycles. The van der Waals surface area contributed by atoms with Crippen LogP contribution in [-0.4, -0.2) is 34.4 Å². The molecule has 0 unspecified atom stereocenters. The largest absolute Gasteiger partial charge is 3.00 e. The van der Waals surface area contributed by atoms with Gasteiger partial charge in [0.2, 0.25) is 0 Å². The molecule has 4 aromatic rings. The molecule has 0 amide bonds. The van der Waals surface area contributed by atoms with Crippen molar-refractivity contribution in [3.8, 4) is 56.6 Å². The minimum absolute atomic E-state index is 0. The molecule has 0 aliphatic rings. The summed E-state index contributed by atoms with van der Waals surface area (Å²) in [6.45, 7) is 3.78. The number of ether oxygens (including phenoxy) is 2. The van der Waals surface area contributed by atoms with Crippen LogP contribution in [0.3, 0.4) is 0 Å². The second kappa shape index (κ2) is 15.4. The Bertz CT molecular complexity index is 1300. The van der Waals surface area contributed by atoms with Gasteiger partial charge in [0.05, 0.1) is 25.6 Å². The molecule has 0 bridgehead atoms. The van der Waals surface area contributed by atoms with Crippen molar-refractivity contribution in [2.75, 3.05) is 14.2 Å². The summed E-state index contributed by atoms with van der Waals surface area (Å²) in [7, 11) is 3.04. The van der Waals surface area contributed by atoms with Crippen LogP contribution in [0.4, 0.5) is 0 Å². The Morgan fingerprint density at radius 2 is 1.30 bits per heavy atom. The van der Waals surface area contributed by atoms with Gasteiger partial charge in [-0.3, -0.25) is 9.97 Å². The van der Waals surface area contributed by atoms with Gasteiger partial charge in [-0.1, -0.05) is 30.3 Å². The molecule has 194 valence electrons. The predicted octanol–water partition coefficient (Wildman–Crippen LogP) is -3.36. The third kappa shape index (κ3) is 7.31. The molecule has 0 atom stereocenters. The minimum atomic E-state index is 0. The quantitative estimate of drug-likeness (QED) is 0.170. The minimum Gasteiger partial charge on any atom is -1.00 e. The summed E-state index contributed by atoms with van der Waals surface area (Å²) < 4.78 is 10.5. The van der Waals surface area contributed by atoms with E-state index >= 15 is 0 Å². The molecule has 2 heterocycles. The van der Waals surface area contributed by atoms with Crippen LogP contribution in [-0.2, 0) is 23.5 Å². The van der Waals surface area contributed by atoms with Crippen molar-refractivity contribution in [3.05, 3.63) is 85.2 Å². The number of methoxy groups -OCH3 is 2. The molecule has 0 fully saturated rings. The smallest absolute Gasteiger partial charge is 1.00 e. The van der Waals surface area contributed by atoms with E-state index < -0.39 is 0 Å². The number of allylic oxidation sites excluding steroid dienone is 1. The van der Waals surface area contributed by atoms with Crippen molar-refractivity contribution < 1.29 is 74.0 Å². The number of pyridine rings is 2. The van der Waals surface area contributed by atoms with Crippen molar-refractivity contribution in [2.24, 2.45) is 0 Å². The van der Waals surface area contributed by atoms with Crippen molar-refractivity contribution in [1.82, 2.24) is 9.97 Å². The molecular formula is C27H24Cl3MnN2O4. The van der Waals surface area contributed by atoms with E-state index in [1.807, 2.05) is 42.5 Å². The molecule has 6 nitrogen and oxygen atoms in total. The number of phenols is 2. The first-order chi connectivity index (χ1) is 16.0. The number of hydrogen-bond donors (Lipinski definition) is 2. The Kier molecular flexibility index (Phi) is 14.1. The summed E-state index contributed by atoms with van der Waals surface area (Å²) in [6, 6.07) is 16.5. The number of para-hydroxylation sites is 1. The van der Waals surface area contributed by atoms with Gasteiger partial charge >= 0.3 is 17.1 Å². The van der Waals surface area contributed by atoms with Gasteiger partial charge in [0.25, 0.3) is 0 Å². The number of aromatic nitrogens is 2. The van der Waals surface area contributed by atoms with Gasteiger partial charge in [0, 0.05) is 34.6 Å². The molecule has 2 aromatic heterocycles. The van der Waals surface area contributed by atoms with Gasteiger partial charge < -0.3 is 56.9 Å². The molecule has 0 saturated heterocycles. The Morgan fingerprint density at radius 3 is 1.78 bits per heavy atom. The van der Waals surface area contributed by atoms with Gasteiger partial charge in [0.15, 0.2) is 23.0 Å². The molecule has 0 spiro atoms. The summed E-state index contributed by atoms with van der Waals surface area (Å²) in [6.07, 6.45) is 5.85. The van der Waals surface area contributed by atoms with Crippen LogP contribution in [0.1, 0.15) is 5.56 Å². The number of halogens is 3. The van der Waals surface area contributed by atoms with Crippen LogP contribution >= 0.6 is 0 Å². The van der Waals surface area contributed by atoms with Crippen molar-refractivity contribution >= 4 is 0 Å². The van der Waals surface area contributed by atoms with Crippen LogP contribution in [0.25, 0.3) is 33.6 Å². The number of aromatic hydroxyl groups is 2. The van der Waals surface area contributed by atoms with Crippen molar-refractivity contribution in [2.45, 2.75) is 6.42 Å². The Hall–Kier alpha value is -2.93. The predicted molar refractivity (Wildman–Crippen MR) is 129 cm³/mol. The van der Waals surface area contributed by atoms with E-state index in [0.29, 0.717) is 40.4 Å². The van der Waals surface area contributed by atoms with Crippen molar-refractivity contribution in [1.29, 1.82) is 0 Å². The number of nitrogens with zero attached hydrogens (tertiary/aromatic N) is 2. The van der Waals surface area contributed by atoms with E-state index in [0.717, 1.165) is 16.7 Å². The van der Waals surface area contributed by atoms with Gasteiger partial charge in [-0.15, -0.1) is 6.58 Å². The average Bonchev–Trinajstić information content (AvgIpc) is 2.85. The second-order valence-corrected chi connectivity index (χ2v) is 7.41. The Balaban J connectivity index is 0.00000324. The zero-order valence-corrected chi connectivity index (χ0v) is 23.4. The number of hydrogen-bond acceptors (Lipinski definition) is 6. The maximum atomic E-state index is 10.6. The third-order valence-corrected chi connectivity index (χ3v) is 5.37. The average molecular weight is 602 g/mol. The summed E-state index contributed by atoms with van der Waals surface area (Å²) in [4.78, 5) is 9.05.